The van der Waals surface area contributed by atoms with E-state index < -0.39 is 0 Å². The van der Waals surface area contributed by atoms with E-state index in [9.17, 15) is 9.59 Å². The number of benzene rings is 1. The Labute approximate surface area is 115 Å². The molecule has 0 fully saturated rings. The third-order valence-corrected chi connectivity index (χ3v) is 3.30. The number of rotatable bonds is 2. The van der Waals surface area contributed by atoms with Crippen LogP contribution in [0.3, 0.4) is 0 Å². The maximum atomic E-state index is 12.0. The van der Waals surface area contributed by atoms with Crippen molar-refractivity contribution in [2.45, 2.75) is 0 Å². The molecule has 3 rings (SSSR count). The van der Waals surface area contributed by atoms with Gasteiger partial charge in [-0.05, 0) is 30.3 Å². The van der Waals surface area contributed by atoms with Crippen molar-refractivity contribution in [3.63, 3.8) is 0 Å². The zero-order chi connectivity index (χ0) is 14.1. The van der Waals surface area contributed by atoms with Crippen LogP contribution in [-0.2, 0) is 7.05 Å². The van der Waals surface area contributed by atoms with E-state index in [1.165, 1.54) is 10.6 Å². The standard InChI is InChI=1S/C15H13NO4/c1-16-12(4-2-11(9-17)15(16)18)10-3-5-13-14(8-10)20-7-6-19-13/h2-5,8-9H,6-7H2,1H3. The monoisotopic (exact) mass is 271 g/mol. The molecule has 0 atom stereocenters. The number of hydrogen-bond acceptors (Lipinski definition) is 4. The number of ether oxygens (including phenoxy) is 2. The summed E-state index contributed by atoms with van der Waals surface area (Å²) >= 11 is 0. The van der Waals surface area contributed by atoms with Gasteiger partial charge in [0.2, 0.25) is 0 Å². The maximum absolute atomic E-state index is 12.0. The summed E-state index contributed by atoms with van der Waals surface area (Å²) in [5.41, 5.74) is 1.39. The number of carbonyl (C=O) groups is 1. The molecule has 102 valence electrons. The Balaban J connectivity index is 2.12. The summed E-state index contributed by atoms with van der Waals surface area (Å²) in [6, 6.07) is 8.80. The number of aromatic nitrogens is 1. The van der Waals surface area contributed by atoms with E-state index in [0.717, 1.165) is 11.3 Å². The van der Waals surface area contributed by atoms with Crippen molar-refractivity contribution in [1.29, 1.82) is 0 Å². The van der Waals surface area contributed by atoms with Crippen LogP contribution in [0.15, 0.2) is 35.1 Å². The Hall–Kier alpha value is -2.56. The van der Waals surface area contributed by atoms with Crippen molar-refractivity contribution in [2.24, 2.45) is 7.05 Å². The first-order valence-electron chi connectivity index (χ1n) is 6.26. The summed E-state index contributed by atoms with van der Waals surface area (Å²) in [6.07, 6.45) is 0.565. The lowest BCUT2D eigenvalue weighted by molar-refractivity contribution is 0.112. The van der Waals surface area contributed by atoms with Gasteiger partial charge in [0.1, 0.15) is 13.2 Å². The van der Waals surface area contributed by atoms with Gasteiger partial charge in [0.25, 0.3) is 5.56 Å². The number of hydrogen-bond donors (Lipinski definition) is 0. The van der Waals surface area contributed by atoms with Gasteiger partial charge in [-0.15, -0.1) is 0 Å². The molecular formula is C15H13NO4. The van der Waals surface area contributed by atoms with Crippen LogP contribution in [0.1, 0.15) is 10.4 Å². The lowest BCUT2D eigenvalue weighted by atomic mass is 10.1. The summed E-state index contributed by atoms with van der Waals surface area (Å²) < 4.78 is 12.5. The van der Waals surface area contributed by atoms with Crippen LogP contribution in [0.25, 0.3) is 11.3 Å². The third kappa shape index (κ3) is 1.97. The van der Waals surface area contributed by atoms with Crippen LogP contribution >= 0.6 is 0 Å². The van der Waals surface area contributed by atoms with Crippen molar-refractivity contribution in [3.05, 3.63) is 46.2 Å². The van der Waals surface area contributed by atoms with Gasteiger partial charge in [-0.2, -0.15) is 0 Å². The van der Waals surface area contributed by atoms with Crippen LogP contribution in [0.2, 0.25) is 0 Å². The average molecular weight is 271 g/mol. The first-order chi connectivity index (χ1) is 9.70. The maximum Gasteiger partial charge on any atom is 0.261 e. The molecule has 0 N–H and O–H groups in total. The minimum absolute atomic E-state index is 0.147. The molecule has 20 heavy (non-hydrogen) atoms. The number of aldehydes is 1. The normalized spacial score (nSPS) is 13.1. The van der Waals surface area contributed by atoms with Gasteiger partial charge in [-0.3, -0.25) is 9.59 Å². The Kier molecular flexibility index (Phi) is 3.02. The van der Waals surface area contributed by atoms with E-state index in [4.69, 9.17) is 9.47 Å². The zero-order valence-corrected chi connectivity index (χ0v) is 11.0. The number of fused-ring (bicyclic) bond motifs is 1. The molecule has 1 aliphatic heterocycles. The second-order valence-electron chi connectivity index (χ2n) is 4.51. The Morgan fingerprint density at radius 2 is 1.85 bits per heavy atom. The Morgan fingerprint density at radius 3 is 2.60 bits per heavy atom. The van der Waals surface area contributed by atoms with Crippen molar-refractivity contribution < 1.29 is 14.3 Å². The molecule has 0 saturated carbocycles. The largest absolute Gasteiger partial charge is 0.486 e. The molecule has 0 aliphatic carbocycles. The lowest BCUT2D eigenvalue weighted by Crippen LogP contribution is -2.22. The van der Waals surface area contributed by atoms with Crippen LogP contribution in [0.4, 0.5) is 0 Å². The minimum Gasteiger partial charge on any atom is -0.486 e. The van der Waals surface area contributed by atoms with Gasteiger partial charge in [0, 0.05) is 12.6 Å². The van der Waals surface area contributed by atoms with Crippen molar-refractivity contribution >= 4 is 6.29 Å². The first-order valence-corrected chi connectivity index (χ1v) is 6.26. The molecule has 1 aromatic heterocycles. The summed E-state index contributed by atoms with van der Waals surface area (Å²) in [7, 11) is 1.64. The highest BCUT2D eigenvalue weighted by molar-refractivity contribution is 5.75. The molecule has 0 bridgehead atoms. The quantitative estimate of drug-likeness (QED) is 0.779. The zero-order valence-electron chi connectivity index (χ0n) is 11.0. The van der Waals surface area contributed by atoms with E-state index in [0.29, 0.717) is 31.0 Å². The van der Waals surface area contributed by atoms with E-state index in [1.807, 2.05) is 18.2 Å². The number of nitrogens with zero attached hydrogens (tertiary/aromatic N) is 1. The molecule has 1 aromatic carbocycles. The molecular weight excluding hydrogens is 258 g/mol. The number of carbonyl (C=O) groups excluding carboxylic acids is 1. The smallest absolute Gasteiger partial charge is 0.261 e. The van der Waals surface area contributed by atoms with Crippen molar-refractivity contribution in [1.82, 2.24) is 4.57 Å². The third-order valence-electron chi connectivity index (χ3n) is 3.30. The van der Waals surface area contributed by atoms with Crippen LogP contribution in [0.5, 0.6) is 11.5 Å². The van der Waals surface area contributed by atoms with Gasteiger partial charge in [-0.1, -0.05) is 0 Å². The fraction of sp³-hybridized carbons (Fsp3) is 0.200. The van der Waals surface area contributed by atoms with Crippen LogP contribution in [0, 0.1) is 0 Å². The SMILES string of the molecule is Cn1c(-c2ccc3c(c2)OCCO3)ccc(C=O)c1=O. The van der Waals surface area contributed by atoms with Gasteiger partial charge in [-0.25, -0.2) is 0 Å². The molecule has 5 nitrogen and oxygen atoms in total. The molecule has 0 spiro atoms. The predicted molar refractivity (Wildman–Crippen MR) is 73.5 cm³/mol. The fourth-order valence-corrected chi connectivity index (χ4v) is 2.24. The first kappa shape index (κ1) is 12.5. The number of pyridine rings is 1. The summed E-state index contributed by atoms with van der Waals surface area (Å²) in [4.78, 5) is 22.7. The van der Waals surface area contributed by atoms with E-state index in [1.54, 1.807) is 13.1 Å². The second-order valence-corrected chi connectivity index (χ2v) is 4.51. The van der Waals surface area contributed by atoms with E-state index in [-0.39, 0.29) is 11.1 Å². The molecule has 1 aliphatic rings. The highest BCUT2D eigenvalue weighted by Gasteiger charge is 2.14. The molecule has 0 unspecified atom stereocenters. The van der Waals surface area contributed by atoms with Gasteiger partial charge < -0.3 is 14.0 Å². The van der Waals surface area contributed by atoms with Crippen LogP contribution in [-0.4, -0.2) is 24.1 Å². The summed E-state index contributed by atoms with van der Waals surface area (Å²) in [5, 5.41) is 0. The van der Waals surface area contributed by atoms with Gasteiger partial charge >= 0.3 is 0 Å². The fourth-order valence-electron chi connectivity index (χ4n) is 2.24. The topological polar surface area (TPSA) is 57.5 Å². The van der Waals surface area contributed by atoms with Crippen molar-refractivity contribution in [3.8, 4) is 22.8 Å². The van der Waals surface area contributed by atoms with Gasteiger partial charge in [0.15, 0.2) is 17.8 Å². The predicted octanol–water partition coefficient (Wildman–Crippen LogP) is 1.64. The van der Waals surface area contributed by atoms with E-state index >= 15 is 0 Å². The van der Waals surface area contributed by atoms with Crippen LogP contribution < -0.4 is 15.0 Å². The van der Waals surface area contributed by atoms with Gasteiger partial charge in [0.05, 0.1) is 11.3 Å². The highest BCUT2D eigenvalue weighted by atomic mass is 16.6. The molecule has 0 amide bonds. The molecule has 0 saturated heterocycles. The van der Waals surface area contributed by atoms with Crippen molar-refractivity contribution in [2.75, 3.05) is 13.2 Å². The Bertz CT molecular complexity index is 733. The molecule has 5 heteroatoms. The minimum atomic E-state index is -0.313. The average Bonchev–Trinajstić information content (AvgIpc) is 2.49. The highest BCUT2D eigenvalue weighted by Crippen LogP contribution is 2.34. The molecule has 0 radical (unpaired) electrons. The summed E-state index contributed by atoms with van der Waals surface area (Å²) in [6.45, 7) is 1.05. The Morgan fingerprint density at radius 1 is 1.10 bits per heavy atom. The second kappa shape index (κ2) is 4.85. The lowest BCUT2D eigenvalue weighted by Gasteiger charge is -2.19. The molecule has 2 heterocycles. The van der Waals surface area contributed by atoms with E-state index in [2.05, 4.69) is 0 Å². The molecule has 2 aromatic rings. The summed E-state index contributed by atoms with van der Waals surface area (Å²) in [5.74, 6) is 1.37.